The van der Waals surface area contributed by atoms with E-state index in [1.54, 1.807) is 13.8 Å². The van der Waals surface area contributed by atoms with Crippen LogP contribution in [0.15, 0.2) is 0 Å². The second kappa shape index (κ2) is 3.21. The van der Waals surface area contributed by atoms with E-state index in [-0.39, 0.29) is 5.92 Å². The minimum absolute atomic E-state index is 0.253. The van der Waals surface area contributed by atoms with Crippen LogP contribution in [0, 0.1) is 5.92 Å². The van der Waals surface area contributed by atoms with Gasteiger partial charge in [-0.3, -0.25) is 0 Å². The molecule has 0 aromatic heterocycles. The molecule has 0 rings (SSSR count). The molecule has 0 radical (unpaired) electrons. The van der Waals surface area contributed by atoms with Crippen molar-refractivity contribution in [2.45, 2.75) is 32.6 Å². The van der Waals surface area contributed by atoms with Crippen LogP contribution in [0.5, 0.6) is 0 Å². The van der Waals surface area contributed by atoms with E-state index in [2.05, 4.69) is 0 Å². The van der Waals surface area contributed by atoms with Gasteiger partial charge in [0, 0.05) is 0 Å². The summed E-state index contributed by atoms with van der Waals surface area (Å²) in [6, 6.07) is 0. The van der Waals surface area contributed by atoms with E-state index >= 15 is 0 Å². The lowest BCUT2D eigenvalue weighted by Crippen LogP contribution is -2.25. The molecule has 0 nitrogen and oxygen atoms in total. The third-order valence-corrected chi connectivity index (χ3v) is 1.03. The molecule has 10 heavy (non-hydrogen) atoms. The maximum absolute atomic E-state index is 12.0. The highest BCUT2D eigenvalue weighted by Gasteiger charge is 2.39. The average molecular weight is 158 g/mol. The lowest BCUT2D eigenvalue weighted by Gasteiger charge is -2.13. The van der Waals surface area contributed by atoms with Crippen LogP contribution in [-0.2, 0) is 0 Å². The Balaban J connectivity index is 3.73. The Kier molecular flexibility index (Phi) is 3.12. The van der Waals surface area contributed by atoms with Crippen LogP contribution in [0.4, 0.5) is 17.6 Å². The molecule has 0 bridgehead atoms. The second-order valence-electron chi connectivity index (χ2n) is 2.64. The van der Waals surface area contributed by atoms with Gasteiger partial charge in [0.05, 0.1) is 0 Å². The molecule has 0 aromatic rings. The highest BCUT2D eigenvalue weighted by Crippen LogP contribution is 2.27. The second-order valence-corrected chi connectivity index (χ2v) is 2.64. The van der Waals surface area contributed by atoms with Gasteiger partial charge in [-0.05, 0) is 12.3 Å². The molecule has 0 aliphatic carbocycles. The van der Waals surface area contributed by atoms with Crippen LogP contribution >= 0.6 is 0 Å². The Labute approximate surface area is 57.2 Å². The van der Waals surface area contributed by atoms with Gasteiger partial charge < -0.3 is 0 Å². The number of hydrogen-bond donors (Lipinski definition) is 0. The largest absolute Gasteiger partial charge is 0.419 e. The lowest BCUT2D eigenvalue weighted by atomic mass is 10.1. The molecular formula is C6H10F4. The SMILES string of the molecule is CC(C)CC(F)C(F)(F)F. The maximum Gasteiger partial charge on any atom is 0.419 e. The first-order valence-electron chi connectivity index (χ1n) is 3.05. The molecule has 62 valence electrons. The summed E-state index contributed by atoms with van der Waals surface area (Å²) in [5.41, 5.74) is 0. The van der Waals surface area contributed by atoms with Gasteiger partial charge in [0.25, 0.3) is 0 Å². The predicted molar refractivity (Wildman–Crippen MR) is 30.4 cm³/mol. The highest BCUT2D eigenvalue weighted by molar-refractivity contribution is 4.66. The van der Waals surface area contributed by atoms with Crippen LogP contribution in [0.1, 0.15) is 20.3 Å². The number of halogens is 4. The Morgan fingerprint density at radius 1 is 1.20 bits per heavy atom. The number of alkyl halides is 4. The van der Waals surface area contributed by atoms with Crippen LogP contribution < -0.4 is 0 Å². The summed E-state index contributed by atoms with van der Waals surface area (Å²) in [7, 11) is 0. The highest BCUT2D eigenvalue weighted by atomic mass is 19.4. The van der Waals surface area contributed by atoms with Gasteiger partial charge in [-0.2, -0.15) is 13.2 Å². The number of hydrogen-bond acceptors (Lipinski definition) is 0. The first kappa shape index (κ1) is 9.72. The molecule has 0 N–H and O–H groups in total. The van der Waals surface area contributed by atoms with Crippen LogP contribution in [-0.4, -0.2) is 12.3 Å². The summed E-state index contributed by atoms with van der Waals surface area (Å²) in [6.45, 7) is 3.11. The Hall–Kier alpha value is -0.280. The molecule has 0 spiro atoms. The van der Waals surface area contributed by atoms with E-state index in [0.717, 1.165) is 0 Å². The van der Waals surface area contributed by atoms with Gasteiger partial charge in [-0.25, -0.2) is 4.39 Å². The quantitative estimate of drug-likeness (QED) is 0.542. The molecule has 0 amide bonds. The van der Waals surface area contributed by atoms with Crippen molar-refractivity contribution in [2.75, 3.05) is 0 Å². The fourth-order valence-electron chi connectivity index (χ4n) is 0.548. The molecule has 0 aliphatic rings. The minimum atomic E-state index is -4.68. The summed E-state index contributed by atoms with van der Waals surface area (Å²) in [5, 5.41) is 0. The van der Waals surface area contributed by atoms with Crippen LogP contribution in [0.25, 0.3) is 0 Å². The van der Waals surface area contributed by atoms with Crippen molar-refractivity contribution in [2.24, 2.45) is 5.92 Å². The summed E-state index contributed by atoms with van der Waals surface area (Å²) in [4.78, 5) is 0. The topological polar surface area (TPSA) is 0 Å². The first-order chi connectivity index (χ1) is 4.34. The van der Waals surface area contributed by atoms with Crippen molar-refractivity contribution < 1.29 is 17.6 Å². The molecule has 0 aliphatic heterocycles. The Bertz CT molecular complexity index is 94.4. The van der Waals surface area contributed by atoms with Crippen molar-refractivity contribution in [3.63, 3.8) is 0 Å². The third-order valence-electron chi connectivity index (χ3n) is 1.03. The Morgan fingerprint density at radius 3 is 1.70 bits per heavy atom. The fourth-order valence-corrected chi connectivity index (χ4v) is 0.548. The van der Waals surface area contributed by atoms with Gasteiger partial charge in [-0.15, -0.1) is 0 Å². The molecule has 0 aromatic carbocycles. The molecule has 1 unspecified atom stereocenters. The monoisotopic (exact) mass is 158 g/mol. The molecule has 4 heteroatoms. The van der Waals surface area contributed by atoms with Crippen LogP contribution in [0.3, 0.4) is 0 Å². The molecule has 0 heterocycles. The predicted octanol–water partition coefficient (Wildman–Crippen LogP) is 2.93. The molecule has 1 atom stereocenters. The minimum Gasteiger partial charge on any atom is -0.237 e. The number of rotatable bonds is 2. The molecule has 0 saturated heterocycles. The van der Waals surface area contributed by atoms with Crippen LogP contribution in [0.2, 0.25) is 0 Å². The van der Waals surface area contributed by atoms with E-state index in [1.807, 2.05) is 0 Å². The van der Waals surface area contributed by atoms with Gasteiger partial charge >= 0.3 is 6.18 Å². The lowest BCUT2D eigenvalue weighted by molar-refractivity contribution is -0.184. The van der Waals surface area contributed by atoms with Crippen molar-refractivity contribution in [3.8, 4) is 0 Å². The molecule has 0 fully saturated rings. The summed E-state index contributed by atoms with van der Waals surface area (Å²) in [6.07, 6.45) is -7.78. The van der Waals surface area contributed by atoms with Crippen molar-refractivity contribution in [1.29, 1.82) is 0 Å². The van der Waals surface area contributed by atoms with E-state index in [9.17, 15) is 17.6 Å². The third kappa shape index (κ3) is 3.69. The first-order valence-corrected chi connectivity index (χ1v) is 3.05. The summed E-state index contributed by atoms with van der Waals surface area (Å²) >= 11 is 0. The van der Waals surface area contributed by atoms with Gasteiger partial charge in [-0.1, -0.05) is 13.8 Å². The smallest absolute Gasteiger partial charge is 0.237 e. The van der Waals surface area contributed by atoms with Gasteiger partial charge in [0.15, 0.2) is 6.17 Å². The fraction of sp³-hybridized carbons (Fsp3) is 1.00. The summed E-state index contributed by atoms with van der Waals surface area (Å²) in [5.74, 6) is -0.253. The van der Waals surface area contributed by atoms with E-state index in [0.29, 0.717) is 0 Å². The van der Waals surface area contributed by atoms with E-state index in [1.165, 1.54) is 0 Å². The zero-order valence-corrected chi connectivity index (χ0v) is 5.87. The normalized spacial score (nSPS) is 15.9. The standard InChI is InChI=1S/C6H10F4/c1-4(2)3-5(7)6(8,9)10/h4-5H,3H2,1-2H3. The summed E-state index contributed by atoms with van der Waals surface area (Å²) < 4.78 is 46.3. The zero-order chi connectivity index (χ0) is 8.36. The molecular weight excluding hydrogens is 148 g/mol. The van der Waals surface area contributed by atoms with Gasteiger partial charge in [0.2, 0.25) is 0 Å². The van der Waals surface area contributed by atoms with Gasteiger partial charge in [0.1, 0.15) is 0 Å². The van der Waals surface area contributed by atoms with E-state index in [4.69, 9.17) is 0 Å². The van der Waals surface area contributed by atoms with Crippen molar-refractivity contribution in [1.82, 2.24) is 0 Å². The van der Waals surface area contributed by atoms with Crippen molar-refractivity contribution >= 4 is 0 Å². The van der Waals surface area contributed by atoms with Crippen molar-refractivity contribution in [3.05, 3.63) is 0 Å². The Morgan fingerprint density at radius 2 is 1.60 bits per heavy atom. The zero-order valence-electron chi connectivity index (χ0n) is 5.87. The maximum atomic E-state index is 12.0. The van der Waals surface area contributed by atoms with E-state index < -0.39 is 18.8 Å². The average Bonchev–Trinajstić information content (AvgIpc) is 1.60. The molecule has 0 saturated carbocycles.